The molecule has 0 saturated carbocycles. The van der Waals surface area contributed by atoms with Crippen molar-refractivity contribution < 1.29 is 9.47 Å². The predicted octanol–water partition coefficient (Wildman–Crippen LogP) is 3.73. The summed E-state index contributed by atoms with van der Waals surface area (Å²) >= 11 is 0. The van der Waals surface area contributed by atoms with E-state index in [1.807, 2.05) is 65.8 Å². The van der Waals surface area contributed by atoms with E-state index in [0.29, 0.717) is 13.2 Å². The molecule has 0 saturated heterocycles. The Balaban J connectivity index is 3.57. The van der Waals surface area contributed by atoms with Crippen LogP contribution in [0.2, 0.25) is 0 Å². The first-order chi connectivity index (χ1) is 7.21. The van der Waals surface area contributed by atoms with Crippen LogP contribution in [0.4, 0.5) is 0 Å². The summed E-state index contributed by atoms with van der Waals surface area (Å²) in [5.74, 6) is 0. The van der Waals surface area contributed by atoms with Gasteiger partial charge in [-0.25, -0.2) is 0 Å². The minimum Gasteiger partial charge on any atom is -0.372 e. The molecule has 0 heterocycles. The van der Waals surface area contributed by atoms with Gasteiger partial charge in [-0.05, 0) is 41.5 Å². The molecule has 16 heavy (non-hydrogen) atoms. The molecule has 0 aromatic heterocycles. The Labute approximate surface area is 100 Å². The molecule has 0 atom stereocenters. The van der Waals surface area contributed by atoms with Crippen LogP contribution in [-0.2, 0) is 9.47 Å². The highest BCUT2D eigenvalue weighted by molar-refractivity contribution is 5.02. The molecule has 0 amide bonds. The van der Waals surface area contributed by atoms with Gasteiger partial charge in [-0.3, -0.25) is 0 Å². The van der Waals surface area contributed by atoms with Gasteiger partial charge in [0.1, 0.15) is 0 Å². The van der Waals surface area contributed by atoms with Crippen LogP contribution in [0.5, 0.6) is 0 Å². The Morgan fingerprint density at radius 2 is 1.00 bits per heavy atom. The quantitative estimate of drug-likeness (QED) is 0.665. The van der Waals surface area contributed by atoms with E-state index in [-0.39, 0.29) is 11.2 Å². The Morgan fingerprint density at radius 3 is 1.25 bits per heavy atom. The fourth-order valence-corrected chi connectivity index (χ4v) is 0.864. The lowest BCUT2D eigenvalue weighted by Crippen LogP contribution is -2.19. The minimum absolute atomic E-state index is 0.0661. The third-order valence-electron chi connectivity index (χ3n) is 1.61. The van der Waals surface area contributed by atoms with Gasteiger partial charge in [0, 0.05) is 0 Å². The maximum Gasteiger partial charge on any atom is 0.0657 e. The van der Waals surface area contributed by atoms with Crippen LogP contribution < -0.4 is 0 Å². The normalized spacial score (nSPS) is 14.1. The first-order valence-corrected chi connectivity index (χ1v) is 5.80. The third kappa shape index (κ3) is 13.4. The SMILES string of the molecule is CC(C)(C)OCC=CC=CCOC(C)(C)C. The molecule has 0 rings (SSSR count). The fraction of sp³-hybridized carbons (Fsp3) is 0.714. The molecule has 0 N–H and O–H groups in total. The van der Waals surface area contributed by atoms with E-state index in [1.165, 1.54) is 0 Å². The van der Waals surface area contributed by atoms with Gasteiger partial charge in [-0.2, -0.15) is 0 Å². The fourth-order valence-electron chi connectivity index (χ4n) is 0.864. The summed E-state index contributed by atoms with van der Waals surface area (Å²) in [5.41, 5.74) is -0.132. The first kappa shape index (κ1) is 15.4. The van der Waals surface area contributed by atoms with Gasteiger partial charge in [0.25, 0.3) is 0 Å². The molecular weight excluding hydrogens is 200 g/mol. The highest BCUT2D eigenvalue weighted by Gasteiger charge is 2.08. The lowest BCUT2D eigenvalue weighted by atomic mass is 10.2. The van der Waals surface area contributed by atoms with Crippen molar-refractivity contribution in [2.45, 2.75) is 52.7 Å². The van der Waals surface area contributed by atoms with Gasteiger partial charge in [0.05, 0.1) is 24.4 Å². The summed E-state index contributed by atoms with van der Waals surface area (Å²) in [6.45, 7) is 13.6. The largest absolute Gasteiger partial charge is 0.372 e. The van der Waals surface area contributed by atoms with Crippen molar-refractivity contribution in [2.75, 3.05) is 13.2 Å². The Hall–Kier alpha value is -0.600. The molecule has 0 fully saturated rings. The van der Waals surface area contributed by atoms with Crippen molar-refractivity contribution >= 4 is 0 Å². The van der Waals surface area contributed by atoms with E-state index in [0.717, 1.165) is 0 Å². The molecule has 2 heteroatoms. The van der Waals surface area contributed by atoms with Crippen LogP contribution >= 0.6 is 0 Å². The second kappa shape index (κ2) is 6.87. The van der Waals surface area contributed by atoms with Crippen molar-refractivity contribution in [1.82, 2.24) is 0 Å². The smallest absolute Gasteiger partial charge is 0.0657 e. The molecular formula is C14H26O2. The second-order valence-corrected chi connectivity index (χ2v) is 5.70. The highest BCUT2D eigenvalue weighted by Crippen LogP contribution is 2.06. The van der Waals surface area contributed by atoms with Crippen LogP contribution in [0.25, 0.3) is 0 Å². The number of ether oxygens (including phenoxy) is 2. The summed E-state index contributed by atoms with van der Waals surface area (Å²) in [6, 6.07) is 0. The second-order valence-electron chi connectivity index (χ2n) is 5.70. The zero-order valence-electron chi connectivity index (χ0n) is 11.5. The molecule has 0 bridgehead atoms. The van der Waals surface area contributed by atoms with Crippen LogP contribution in [0.15, 0.2) is 24.3 Å². The van der Waals surface area contributed by atoms with Crippen molar-refractivity contribution in [3.8, 4) is 0 Å². The van der Waals surface area contributed by atoms with Crippen molar-refractivity contribution in [3.05, 3.63) is 24.3 Å². The van der Waals surface area contributed by atoms with E-state index in [9.17, 15) is 0 Å². The molecule has 0 aliphatic heterocycles. The molecule has 0 aliphatic carbocycles. The monoisotopic (exact) mass is 226 g/mol. The van der Waals surface area contributed by atoms with E-state index in [4.69, 9.17) is 9.47 Å². The standard InChI is InChI=1S/C14H26O2/c1-13(2,3)15-11-9-7-8-10-12-16-14(4,5)6/h7-10H,11-12H2,1-6H3. The van der Waals surface area contributed by atoms with Gasteiger partial charge in [0.15, 0.2) is 0 Å². The van der Waals surface area contributed by atoms with E-state index in [2.05, 4.69) is 0 Å². The molecule has 0 unspecified atom stereocenters. The third-order valence-corrected chi connectivity index (χ3v) is 1.61. The summed E-state index contributed by atoms with van der Waals surface area (Å²) in [5, 5.41) is 0. The van der Waals surface area contributed by atoms with Gasteiger partial charge in [0.2, 0.25) is 0 Å². The predicted molar refractivity (Wildman–Crippen MR) is 69.7 cm³/mol. The zero-order chi connectivity index (χ0) is 12.7. The Bertz CT molecular complexity index is 200. The van der Waals surface area contributed by atoms with Crippen molar-refractivity contribution in [1.29, 1.82) is 0 Å². The van der Waals surface area contributed by atoms with Gasteiger partial charge in [-0.1, -0.05) is 24.3 Å². The van der Waals surface area contributed by atoms with Crippen LogP contribution in [0.1, 0.15) is 41.5 Å². The Morgan fingerprint density at radius 1 is 0.688 bits per heavy atom. The van der Waals surface area contributed by atoms with E-state index >= 15 is 0 Å². The highest BCUT2D eigenvalue weighted by atomic mass is 16.5. The minimum atomic E-state index is -0.0661. The molecule has 0 aliphatic rings. The summed E-state index contributed by atoms with van der Waals surface area (Å²) in [6.07, 6.45) is 7.97. The lowest BCUT2D eigenvalue weighted by Gasteiger charge is -2.18. The number of rotatable bonds is 5. The first-order valence-electron chi connectivity index (χ1n) is 5.80. The maximum atomic E-state index is 5.54. The molecule has 0 spiro atoms. The average Bonchev–Trinajstić information content (AvgIpc) is 2.06. The summed E-state index contributed by atoms with van der Waals surface area (Å²) in [4.78, 5) is 0. The van der Waals surface area contributed by atoms with Gasteiger partial charge in [-0.15, -0.1) is 0 Å². The topological polar surface area (TPSA) is 18.5 Å². The number of hydrogen-bond acceptors (Lipinski definition) is 2. The Kier molecular flexibility index (Phi) is 6.61. The van der Waals surface area contributed by atoms with E-state index < -0.39 is 0 Å². The summed E-state index contributed by atoms with van der Waals surface area (Å²) < 4.78 is 11.1. The molecule has 94 valence electrons. The summed E-state index contributed by atoms with van der Waals surface area (Å²) in [7, 11) is 0. The van der Waals surface area contributed by atoms with Gasteiger partial charge >= 0.3 is 0 Å². The van der Waals surface area contributed by atoms with Crippen LogP contribution in [0, 0.1) is 0 Å². The maximum absolute atomic E-state index is 5.54. The van der Waals surface area contributed by atoms with Crippen molar-refractivity contribution in [3.63, 3.8) is 0 Å². The van der Waals surface area contributed by atoms with E-state index in [1.54, 1.807) is 0 Å². The number of hydrogen-bond donors (Lipinski definition) is 0. The molecule has 2 nitrogen and oxygen atoms in total. The average molecular weight is 226 g/mol. The van der Waals surface area contributed by atoms with Crippen LogP contribution in [0.3, 0.4) is 0 Å². The lowest BCUT2D eigenvalue weighted by molar-refractivity contribution is 0.0142. The number of allylic oxidation sites excluding steroid dienone is 2. The molecule has 0 aromatic rings. The van der Waals surface area contributed by atoms with Gasteiger partial charge < -0.3 is 9.47 Å². The van der Waals surface area contributed by atoms with Crippen LogP contribution in [-0.4, -0.2) is 24.4 Å². The zero-order valence-corrected chi connectivity index (χ0v) is 11.5. The molecule has 0 aromatic carbocycles. The molecule has 0 radical (unpaired) electrons. The van der Waals surface area contributed by atoms with Crippen molar-refractivity contribution in [2.24, 2.45) is 0 Å².